The van der Waals surface area contributed by atoms with Crippen LogP contribution in [0.25, 0.3) is 0 Å². The van der Waals surface area contributed by atoms with Crippen LogP contribution in [0.2, 0.25) is 0 Å². The largest absolute Gasteiger partial charge is 0.356 e. The Labute approximate surface area is 190 Å². The molecule has 3 rings (SSSR count). The lowest BCUT2D eigenvalue weighted by atomic mass is 9.96. The second kappa shape index (κ2) is 10.2. The van der Waals surface area contributed by atoms with Crippen LogP contribution in [0.1, 0.15) is 42.6 Å². The maximum Gasteiger partial charge on any atom is 0.261 e. The molecule has 1 aliphatic heterocycles. The first-order valence-corrected chi connectivity index (χ1v) is 12.4. The average Bonchev–Trinajstić information content (AvgIpc) is 2.77. The van der Waals surface area contributed by atoms with E-state index in [0.717, 1.165) is 18.4 Å². The van der Waals surface area contributed by atoms with Gasteiger partial charge in [-0.3, -0.25) is 14.3 Å². The number of sulfonamides is 1. The van der Waals surface area contributed by atoms with Crippen molar-refractivity contribution in [3.63, 3.8) is 0 Å². The number of aryl methyl sites for hydroxylation is 1. The number of carbonyl (C=O) groups is 2. The molecule has 8 heteroatoms. The molecule has 32 heavy (non-hydrogen) atoms. The quantitative estimate of drug-likeness (QED) is 0.666. The van der Waals surface area contributed by atoms with E-state index in [4.69, 9.17) is 0 Å². The third-order valence-corrected chi connectivity index (χ3v) is 6.85. The van der Waals surface area contributed by atoms with Crippen molar-refractivity contribution in [3.8, 4) is 0 Å². The Morgan fingerprint density at radius 2 is 1.84 bits per heavy atom. The molecule has 1 saturated heterocycles. The zero-order valence-electron chi connectivity index (χ0n) is 18.8. The number of carbonyl (C=O) groups excluding carboxylic acids is 2. The molecule has 1 fully saturated rings. The highest BCUT2D eigenvalue weighted by Crippen LogP contribution is 2.22. The Bertz CT molecular complexity index is 1060. The Morgan fingerprint density at radius 1 is 1.12 bits per heavy atom. The van der Waals surface area contributed by atoms with Crippen molar-refractivity contribution in [3.05, 3.63) is 59.7 Å². The highest BCUT2D eigenvalue weighted by molar-refractivity contribution is 7.92. The van der Waals surface area contributed by atoms with Crippen LogP contribution in [0, 0.1) is 18.8 Å². The predicted octanol–water partition coefficient (Wildman–Crippen LogP) is 3.42. The molecule has 1 aliphatic rings. The molecule has 1 heterocycles. The maximum atomic E-state index is 13.1. The van der Waals surface area contributed by atoms with Crippen molar-refractivity contribution in [2.45, 2.75) is 38.5 Å². The summed E-state index contributed by atoms with van der Waals surface area (Å²) in [7, 11) is -3.76. The number of amides is 2. The van der Waals surface area contributed by atoms with Gasteiger partial charge in [0.15, 0.2) is 0 Å². The number of hydrogen-bond acceptors (Lipinski definition) is 4. The fraction of sp³-hybridized carbons (Fsp3) is 0.417. The number of hydrogen-bond donors (Lipinski definition) is 2. The molecule has 0 unspecified atom stereocenters. The highest BCUT2D eigenvalue weighted by Gasteiger charge is 2.29. The molecule has 0 aliphatic carbocycles. The minimum Gasteiger partial charge on any atom is -0.356 e. The van der Waals surface area contributed by atoms with E-state index >= 15 is 0 Å². The van der Waals surface area contributed by atoms with Crippen LogP contribution in [-0.4, -0.2) is 44.8 Å². The summed E-state index contributed by atoms with van der Waals surface area (Å²) >= 11 is 0. The number of piperidine rings is 1. The van der Waals surface area contributed by atoms with Gasteiger partial charge < -0.3 is 10.2 Å². The number of benzene rings is 2. The van der Waals surface area contributed by atoms with E-state index in [2.05, 4.69) is 10.0 Å². The monoisotopic (exact) mass is 457 g/mol. The first kappa shape index (κ1) is 23.8. The zero-order chi connectivity index (χ0) is 23.3. The second-order valence-electron chi connectivity index (χ2n) is 8.73. The molecule has 0 aromatic heterocycles. The molecule has 7 nitrogen and oxygen atoms in total. The summed E-state index contributed by atoms with van der Waals surface area (Å²) in [5, 5.41) is 2.95. The van der Waals surface area contributed by atoms with E-state index in [9.17, 15) is 18.0 Å². The second-order valence-corrected chi connectivity index (χ2v) is 10.4. The smallest absolute Gasteiger partial charge is 0.261 e. The molecule has 2 aromatic rings. The average molecular weight is 458 g/mol. The third-order valence-electron chi connectivity index (χ3n) is 5.46. The maximum absolute atomic E-state index is 13.1. The Kier molecular flexibility index (Phi) is 7.56. The van der Waals surface area contributed by atoms with E-state index in [1.165, 1.54) is 6.07 Å². The predicted molar refractivity (Wildman–Crippen MR) is 125 cm³/mol. The van der Waals surface area contributed by atoms with Crippen molar-refractivity contribution < 1.29 is 18.0 Å². The van der Waals surface area contributed by atoms with Crippen molar-refractivity contribution in [1.82, 2.24) is 10.2 Å². The van der Waals surface area contributed by atoms with Gasteiger partial charge in [-0.2, -0.15) is 0 Å². The lowest BCUT2D eigenvalue weighted by molar-refractivity contribution is -0.126. The van der Waals surface area contributed by atoms with Gasteiger partial charge in [-0.05, 0) is 56.0 Å². The van der Waals surface area contributed by atoms with Crippen molar-refractivity contribution in [2.24, 2.45) is 11.8 Å². The standard InChI is InChI=1S/C24H31N3O4S/c1-17(2)15-25-23(28)20-7-5-13-27(16-20)24(29)19-6-4-8-21(14-19)26-32(30,31)22-11-9-18(3)10-12-22/h4,6,8-12,14,17,20,26H,5,7,13,15-16H2,1-3H3,(H,25,28)/t20-/m1/s1. The summed E-state index contributed by atoms with van der Waals surface area (Å²) < 4.78 is 27.9. The molecule has 0 radical (unpaired) electrons. The molecule has 2 aromatic carbocycles. The van der Waals surface area contributed by atoms with E-state index in [1.54, 1.807) is 47.4 Å². The van der Waals surface area contributed by atoms with E-state index in [0.29, 0.717) is 36.8 Å². The normalized spacial score (nSPS) is 16.6. The number of likely N-dealkylation sites (tertiary alicyclic amines) is 1. The Balaban J connectivity index is 1.69. The van der Waals surface area contributed by atoms with Gasteiger partial charge in [0.05, 0.1) is 10.8 Å². The third kappa shape index (κ3) is 6.09. The minimum absolute atomic E-state index is 0.0178. The van der Waals surface area contributed by atoms with Crippen LogP contribution in [0.4, 0.5) is 5.69 Å². The Morgan fingerprint density at radius 3 is 2.53 bits per heavy atom. The van der Waals surface area contributed by atoms with Gasteiger partial charge in [0, 0.05) is 30.9 Å². The SMILES string of the molecule is Cc1ccc(S(=O)(=O)Nc2cccc(C(=O)N3CCC[C@@H](C(=O)NCC(C)C)C3)c2)cc1. The van der Waals surface area contributed by atoms with Crippen molar-refractivity contribution in [1.29, 1.82) is 0 Å². The van der Waals surface area contributed by atoms with Crippen LogP contribution >= 0.6 is 0 Å². The summed E-state index contributed by atoms with van der Waals surface area (Å²) in [4.78, 5) is 27.4. The minimum atomic E-state index is -3.76. The molecule has 2 amide bonds. The number of rotatable bonds is 7. The summed E-state index contributed by atoms with van der Waals surface area (Å²) in [6.45, 7) is 7.52. The number of nitrogens with one attached hydrogen (secondary N) is 2. The van der Waals surface area contributed by atoms with Gasteiger partial charge in [0.1, 0.15) is 0 Å². The van der Waals surface area contributed by atoms with E-state index < -0.39 is 10.0 Å². The molecular weight excluding hydrogens is 426 g/mol. The van der Waals surface area contributed by atoms with Gasteiger partial charge >= 0.3 is 0 Å². The number of nitrogens with zero attached hydrogens (tertiary/aromatic N) is 1. The molecule has 2 N–H and O–H groups in total. The first-order chi connectivity index (χ1) is 15.2. The lowest BCUT2D eigenvalue weighted by Crippen LogP contribution is -2.46. The molecule has 172 valence electrons. The van der Waals surface area contributed by atoms with E-state index in [1.807, 2.05) is 20.8 Å². The van der Waals surface area contributed by atoms with E-state index in [-0.39, 0.29) is 22.6 Å². The van der Waals surface area contributed by atoms with Crippen LogP contribution in [0.3, 0.4) is 0 Å². The summed E-state index contributed by atoms with van der Waals surface area (Å²) in [5.41, 5.74) is 1.67. The molecule has 0 saturated carbocycles. The molecule has 0 spiro atoms. The van der Waals surface area contributed by atoms with Crippen molar-refractivity contribution >= 4 is 27.5 Å². The topological polar surface area (TPSA) is 95.6 Å². The summed E-state index contributed by atoms with van der Waals surface area (Å²) in [6, 6.07) is 13.0. The fourth-order valence-corrected chi connectivity index (χ4v) is 4.70. The van der Waals surface area contributed by atoms with Crippen LogP contribution in [0.5, 0.6) is 0 Å². The first-order valence-electron chi connectivity index (χ1n) is 10.9. The summed E-state index contributed by atoms with van der Waals surface area (Å²) in [5.74, 6) is -0.0834. The summed E-state index contributed by atoms with van der Waals surface area (Å²) in [6.07, 6.45) is 1.51. The Hall–Kier alpha value is -2.87. The van der Waals surface area contributed by atoms with Gasteiger partial charge in [0.2, 0.25) is 5.91 Å². The lowest BCUT2D eigenvalue weighted by Gasteiger charge is -2.32. The highest BCUT2D eigenvalue weighted by atomic mass is 32.2. The van der Waals surface area contributed by atoms with Gasteiger partial charge in [0.25, 0.3) is 15.9 Å². The zero-order valence-corrected chi connectivity index (χ0v) is 19.6. The number of anilines is 1. The van der Waals surface area contributed by atoms with Crippen LogP contribution in [-0.2, 0) is 14.8 Å². The van der Waals surface area contributed by atoms with Gasteiger partial charge in [-0.25, -0.2) is 8.42 Å². The fourth-order valence-electron chi connectivity index (χ4n) is 3.65. The van der Waals surface area contributed by atoms with Crippen LogP contribution in [0.15, 0.2) is 53.4 Å². The molecular formula is C24H31N3O4S. The van der Waals surface area contributed by atoms with Crippen molar-refractivity contribution in [2.75, 3.05) is 24.4 Å². The van der Waals surface area contributed by atoms with Gasteiger partial charge in [-0.15, -0.1) is 0 Å². The molecule has 1 atom stereocenters. The molecule has 0 bridgehead atoms. The van der Waals surface area contributed by atoms with Gasteiger partial charge in [-0.1, -0.05) is 37.6 Å². The van der Waals surface area contributed by atoms with Crippen LogP contribution < -0.4 is 10.0 Å².